The molecule has 1 aromatic heterocycles. The van der Waals surface area contributed by atoms with Gasteiger partial charge in [0.25, 0.3) is 17.3 Å². The lowest BCUT2D eigenvalue weighted by Crippen LogP contribution is -2.46. The normalized spacial score (nSPS) is 23.2. The Balaban J connectivity index is 0.00000342. The Hall–Kier alpha value is -2.22. The fraction of sp³-hybridized carbons (Fsp3) is 0.538. The molecule has 2 aromatic rings. The molecule has 9 heteroatoms. The van der Waals surface area contributed by atoms with Crippen molar-refractivity contribution in [3.8, 4) is 11.5 Å². The molecule has 35 heavy (non-hydrogen) atoms. The van der Waals surface area contributed by atoms with E-state index in [0.29, 0.717) is 39.3 Å². The van der Waals surface area contributed by atoms with Crippen molar-refractivity contribution in [2.24, 2.45) is 5.92 Å². The Labute approximate surface area is 217 Å². The predicted molar refractivity (Wildman–Crippen MR) is 140 cm³/mol. The number of nitrogens with zero attached hydrogens (tertiary/aromatic N) is 1. The number of aromatic amines is 1. The van der Waals surface area contributed by atoms with Crippen molar-refractivity contribution < 1.29 is 14.3 Å². The van der Waals surface area contributed by atoms with Gasteiger partial charge in [0, 0.05) is 47.8 Å². The van der Waals surface area contributed by atoms with Crippen molar-refractivity contribution in [3.63, 3.8) is 0 Å². The summed E-state index contributed by atoms with van der Waals surface area (Å²) < 4.78 is 12.7. The lowest BCUT2D eigenvalue weighted by Gasteiger charge is -2.39. The number of hydrogen-bond acceptors (Lipinski definition) is 5. The van der Waals surface area contributed by atoms with Gasteiger partial charge in [-0.05, 0) is 78.2 Å². The van der Waals surface area contributed by atoms with Crippen LogP contribution in [0.3, 0.4) is 0 Å². The SMILES string of the molecule is Cc1cc(C)c(CNC(=O)c2cc(Cl)c3c(c2C)O[C@@](C)(C2CCC(N(C)C)CC2)O3)c(=O)[nH]1.Cl. The van der Waals surface area contributed by atoms with Crippen LogP contribution < -0.4 is 20.3 Å². The number of rotatable bonds is 5. The van der Waals surface area contributed by atoms with E-state index in [1.54, 1.807) is 6.07 Å². The summed E-state index contributed by atoms with van der Waals surface area (Å²) in [7, 11) is 4.24. The summed E-state index contributed by atoms with van der Waals surface area (Å²) in [5.41, 5.74) is 3.05. The van der Waals surface area contributed by atoms with Crippen LogP contribution in [0.4, 0.5) is 0 Å². The molecule has 1 aliphatic carbocycles. The standard InChI is InChI=1S/C26H34ClN3O4.ClH/c1-14-11-15(2)29-25(32)20(14)13-28-24(31)19-12-21(27)23-22(16(19)3)33-26(4,34-23)17-7-9-18(10-8-17)30(5)6;/h11-12,17-18H,7-10,13H2,1-6H3,(H,28,31)(H,29,32);1H/t17?,18?,26-;/m1./s1. The second kappa shape index (κ2) is 10.4. The van der Waals surface area contributed by atoms with Crippen molar-refractivity contribution in [2.45, 2.75) is 71.8 Å². The first kappa shape index (κ1) is 27.4. The summed E-state index contributed by atoms with van der Waals surface area (Å²) >= 11 is 6.56. The van der Waals surface area contributed by atoms with Crippen molar-refractivity contribution in [3.05, 3.63) is 55.5 Å². The van der Waals surface area contributed by atoms with Gasteiger partial charge in [-0.15, -0.1) is 12.4 Å². The summed E-state index contributed by atoms with van der Waals surface area (Å²) in [5.74, 6) is 0.137. The van der Waals surface area contributed by atoms with E-state index in [4.69, 9.17) is 21.1 Å². The Morgan fingerprint density at radius 2 is 1.77 bits per heavy atom. The first-order chi connectivity index (χ1) is 16.0. The van der Waals surface area contributed by atoms with E-state index < -0.39 is 5.79 Å². The maximum atomic E-state index is 13.1. The van der Waals surface area contributed by atoms with Gasteiger partial charge >= 0.3 is 0 Å². The van der Waals surface area contributed by atoms with Gasteiger partial charge < -0.3 is 24.7 Å². The van der Waals surface area contributed by atoms with Crippen LogP contribution in [0.15, 0.2) is 16.9 Å². The molecule has 2 N–H and O–H groups in total. The van der Waals surface area contributed by atoms with Crippen molar-refractivity contribution >= 4 is 29.9 Å². The average Bonchev–Trinajstić information content (AvgIpc) is 3.15. The van der Waals surface area contributed by atoms with Crippen LogP contribution in [0, 0.1) is 26.7 Å². The highest BCUT2D eigenvalue weighted by atomic mass is 35.5. The molecule has 192 valence electrons. The number of amides is 1. The van der Waals surface area contributed by atoms with Crippen LogP contribution in [0.25, 0.3) is 0 Å². The Morgan fingerprint density at radius 1 is 1.14 bits per heavy atom. The van der Waals surface area contributed by atoms with Gasteiger partial charge in [0.05, 0.1) is 5.02 Å². The molecule has 0 saturated heterocycles. The molecule has 1 saturated carbocycles. The van der Waals surface area contributed by atoms with E-state index in [1.165, 1.54) is 0 Å². The van der Waals surface area contributed by atoms with Crippen molar-refractivity contribution in [1.29, 1.82) is 0 Å². The number of halogens is 2. The smallest absolute Gasteiger partial charge is 0.253 e. The number of carbonyl (C=O) groups is 1. The summed E-state index contributed by atoms with van der Waals surface area (Å²) in [5, 5.41) is 3.20. The number of aromatic nitrogens is 1. The van der Waals surface area contributed by atoms with Crippen LogP contribution in [-0.2, 0) is 6.54 Å². The minimum atomic E-state index is -0.810. The predicted octanol–water partition coefficient (Wildman–Crippen LogP) is 4.91. The number of carbonyl (C=O) groups excluding carboxylic acids is 1. The van der Waals surface area contributed by atoms with Crippen LogP contribution in [0.1, 0.15) is 65.3 Å². The quantitative estimate of drug-likeness (QED) is 0.581. The minimum Gasteiger partial charge on any atom is -0.448 e. The average molecular weight is 524 g/mol. The van der Waals surface area contributed by atoms with Gasteiger partial charge in [0.1, 0.15) is 0 Å². The number of aryl methyl sites for hydroxylation is 2. The summed E-state index contributed by atoms with van der Waals surface area (Å²) in [6.07, 6.45) is 4.19. The number of ether oxygens (including phenoxy) is 2. The number of benzene rings is 1. The summed E-state index contributed by atoms with van der Waals surface area (Å²) in [4.78, 5) is 30.4. The highest BCUT2D eigenvalue weighted by Crippen LogP contribution is 2.51. The van der Waals surface area contributed by atoms with Gasteiger partial charge in [-0.1, -0.05) is 11.6 Å². The van der Waals surface area contributed by atoms with Gasteiger partial charge in [-0.3, -0.25) is 9.59 Å². The minimum absolute atomic E-state index is 0. The fourth-order valence-corrected chi connectivity index (χ4v) is 5.46. The van der Waals surface area contributed by atoms with E-state index in [-0.39, 0.29) is 36.3 Å². The number of pyridine rings is 1. The van der Waals surface area contributed by atoms with E-state index in [9.17, 15) is 9.59 Å². The number of fused-ring (bicyclic) bond motifs is 1. The highest BCUT2D eigenvalue weighted by molar-refractivity contribution is 6.33. The first-order valence-corrected chi connectivity index (χ1v) is 12.2. The molecule has 4 rings (SSSR count). The Kier molecular flexibility index (Phi) is 8.14. The third-order valence-electron chi connectivity index (χ3n) is 7.38. The first-order valence-electron chi connectivity index (χ1n) is 11.8. The van der Waals surface area contributed by atoms with Crippen LogP contribution in [-0.4, -0.2) is 41.7 Å². The van der Waals surface area contributed by atoms with Gasteiger partial charge in [-0.25, -0.2) is 0 Å². The van der Waals surface area contributed by atoms with Crippen LogP contribution in [0.5, 0.6) is 11.5 Å². The lowest BCUT2D eigenvalue weighted by molar-refractivity contribution is -0.123. The molecular formula is C26H35Cl2N3O4. The monoisotopic (exact) mass is 523 g/mol. The van der Waals surface area contributed by atoms with Gasteiger partial charge in [0.2, 0.25) is 0 Å². The zero-order valence-corrected chi connectivity index (χ0v) is 22.8. The molecule has 1 amide bonds. The topological polar surface area (TPSA) is 83.7 Å². The molecule has 0 bridgehead atoms. The molecule has 0 unspecified atom stereocenters. The van der Waals surface area contributed by atoms with Crippen molar-refractivity contribution in [1.82, 2.24) is 15.2 Å². The molecule has 0 spiro atoms. The molecular weight excluding hydrogens is 489 g/mol. The second-order valence-electron chi connectivity index (χ2n) is 10.0. The summed E-state index contributed by atoms with van der Waals surface area (Å²) in [6.45, 7) is 7.62. The zero-order valence-electron chi connectivity index (χ0n) is 21.2. The highest BCUT2D eigenvalue weighted by Gasteiger charge is 2.47. The second-order valence-corrected chi connectivity index (χ2v) is 10.4. The maximum Gasteiger partial charge on any atom is 0.253 e. The number of H-pyrrole nitrogens is 1. The van der Waals surface area contributed by atoms with Gasteiger partial charge in [0.15, 0.2) is 11.5 Å². The maximum absolute atomic E-state index is 13.1. The summed E-state index contributed by atoms with van der Waals surface area (Å²) in [6, 6.07) is 4.09. The molecule has 2 aliphatic rings. The third-order valence-corrected chi connectivity index (χ3v) is 7.66. The number of nitrogens with one attached hydrogen (secondary N) is 2. The van der Waals surface area contributed by atoms with E-state index >= 15 is 0 Å². The molecule has 2 heterocycles. The lowest BCUT2D eigenvalue weighted by atomic mass is 9.81. The van der Waals surface area contributed by atoms with Gasteiger partial charge in [-0.2, -0.15) is 0 Å². The van der Waals surface area contributed by atoms with E-state index in [2.05, 4.69) is 29.3 Å². The van der Waals surface area contributed by atoms with E-state index in [1.807, 2.05) is 33.8 Å². The zero-order chi connectivity index (χ0) is 24.8. The molecule has 1 fully saturated rings. The molecule has 1 atom stereocenters. The molecule has 1 aliphatic heterocycles. The fourth-order valence-electron chi connectivity index (χ4n) is 5.23. The molecule has 7 nitrogen and oxygen atoms in total. The van der Waals surface area contributed by atoms with Crippen molar-refractivity contribution in [2.75, 3.05) is 14.1 Å². The van der Waals surface area contributed by atoms with E-state index in [0.717, 1.165) is 36.9 Å². The molecule has 0 radical (unpaired) electrons. The van der Waals surface area contributed by atoms with Crippen LogP contribution >= 0.6 is 24.0 Å². The Bertz CT molecular complexity index is 1170. The number of hydrogen-bond donors (Lipinski definition) is 2. The molecule has 1 aromatic carbocycles. The Morgan fingerprint density at radius 3 is 2.37 bits per heavy atom. The van der Waals surface area contributed by atoms with Crippen LogP contribution in [0.2, 0.25) is 5.02 Å². The largest absolute Gasteiger partial charge is 0.448 e. The third kappa shape index (κ3) is 5.32.